The highest BCUT2D eigenvalue weighted by Crippen LogP contribution is 2.33. The Morgan fingerprint density at radius 1 is 1.40 bits per heavy atom. The number of hydrogen-bond acceptors (Lipinski definition) is 1. The fraction of sp³-hybridized carbons (Fsp3) is 0.429. The van der Waals surface area contributed by atoms with Gasteiger partial charge >= 0.3 is 0 Å². The summed E-state index contributed by atoms with van der Waals surface area (Å²) in [5.74, 6) is 0. The van der Waals surface area contributed by atoms with Crippen molar-refractivity contribution in [2.45, 2.75) is 39.3 Å². The molecule has 1 aliphatic heterocycles. The zero-order valence-corrected chi connectivity index (χ0v) is 9.66. The van der Waals surface area contributed by atoms with Gasteiger partial charge in [0.05, 0.1) is 0 Å². The van der Waals surface area contributed by atoms with Crippen molar-refractivity contribution in [2.75, 3.05) is 0 Å². The van der Waals surface area contributed by atoms with Crippen LogP contribution < -0.4 is 0 Å². The Balaban J connectivity index is 2.20. The number of nitrogens with zero attached hydrogens (tertiary/aromatic N) is 1. The van der Waals surface area contributed by atoms with Crippen LogP contribution >= 0.6 is 0 Å². The topological polar surface area (TPSA) is 3.24 Å². The summed E-state index contributed by atoms with van der Waals surface area (Å²) in [4.78, 5) is 2.42. The lowest BCUT2D eigenvalue weighted by atomic mass is 10.1. The minimum absolute atomic E-state index is 0.606. The molecule has 0 saturated heterocycles. The number of fused-ring (bicyclic) bond motifs is 1. The highest BCUT2D eigenvalue weighted by molar-refractivity contribution is 5.69. The van der Waals surface area contributed by atoms with E-state index in [-0.39, 0.29) is 0 Å². The molecule has 1 heterocycles. The molecule has 0 fully saturated rings. The molecule has 0 amide bonds. The van der Waals surface area contributed by atoms with Gasteiger partial charge in [0.15, 0.2) is 0 Å². The molecular weight excluding hydrogens is 182 g/mol. The Hall–Kier alpha value is -1.24. The lowest BCUT2D eigenvalue weighted by Gasteiger charge is -2.27. The normalized spacial score (nSPS) is 16.7. The summed E-state index contributed by atoms with van der Waals surface area (Å²) in [7, 11) is 0. The standard InChI is InChI=1S/C14H19N/c1-4-7-11(2)15-10-13-8-5-6-9-14(13)12(15)3/h5-6,8-9,11H,3-4,7,10H2,1-2H3. The lowest BCUT2D eigenvalue weighted by molar-refractivity contribution is 0.302. The minimum atomic E-state index is 0.606. The summed E-state index contributed by atoms with van der Waals surface area (Å²) in [6.07, 6.45) is 2.48. The average molecular weight is 201 g/mol. The second-order valence-electron chi connectivity index (χ2n) is 4.37. The van der Waals surface area contributed by atoms with Gasteiger partial charge < -0.3 is 4.90 Å². The monoisotopic (exact) mass is 201 g/mol. The number of hydrogen-bond donors (Lipinski definition) is 0. The first-order chi connectivity index (χ1) is 7.24. The molecule has 1 aromatic carbocycles. The molecule has 0 aliphatic carbocycles. The van der Waals surface area contributed by atoms with Gasteiger partial charge in [-0.3, -0.25) is 0 Å². The molecule has 2 rings (SSSR count). The highest BCUT2D eigenvalue weighted by Gasteiger charge is 2.24. The van der Waals surface area contributed by atoms with Gasteiger partial charge in [0, 0.05) is 23.8 Å². The van der Waals surface area contributed by atoms with Gasteiger partial charge in [-0.1, -0.05) is 44.2 Å². The Bertz CT molecular complexity index is 367. The Labute approximate surface area is 92.4 Å². The third-order valence-electron chi connectivity index (χ3n) is 3.25. The van der Waals surface area contributed by atoms with Crippen molar-refractivity contribution in [2.24, 2.45) is 0 Å². The van der Waals surface area contributed by atoms with E-state index < -0.39 is 0 Å². The average Bonchev–Trinajstić information content (AvgIpc) is 2.57. The van der Waals surface area contributed by atoms with E-state index in [2.05, 4.69) is 49.6 Å². The van der Waals surface area contributed by atoms with Crippen LogP contribution in [0.5, 0.6) is 0 Å². The van der Waals surface area contributed by atoms with Crippen LogP contribution in [-0.2, 0) is 6.54 Å². The Kier molecular flexibility index (Phi) is 2.81. The van der Waals surface area contributed by atoms with Crippen molar-refractivity contribution in [3.8, 4) is 0 Å². The van der Waals surface area contributed by atoms with Gasteiger partial charge in [-0.25, -0.2) is 0 Å². The van der Waals surface area contributed by atoms with Gasteiger partial charge in [-0.15, -0.1) is 0 Å². The zero-order valence-electron chi connectivity index (χ0n) is 9.66. The predicted octanol–water partition coefficient (Wildman–Crippen LogP) is 3.66. The van der Waals surface area contributed by atoms with E-state index in [9.17, 15) is 0 Å². The van der Waals surface area contributed by atoms with Gasteiger partial charge in [-0.2, -0.15) is 0 Å². The minimum Gasteiger partial charge on any atom is -0.364 e. The van der Waals surface area contributed by atoms with Crippen LogP contribution in [0.2, 0.25) is 0 Å². The molecule has 1 heteroatoms. The first kappa shape index (κ1) is 10.3. The molecule has 0 saturated carbocycles. The van der Waals surface area contributed by atoms with E-state index in [0.29, 0.717) is 6.04 Å². The fourth-order valence-electron chi connectivity index (χ4n) is 2.37. The number of benzene rings is 1. The van der Waals surface area contributed by atoms with Crippen LogP contribution in [0, 0.1) is 0 Å². The van der Waals surface area contributed by atoms with Crippen LogP contribution in [0.3, 0.4) is 0 Å². The van der Waals surface area contributed by atoms with Crippen molar-refractivity contribution < 1.29 is 0 Å². The van der Waals surface area contributed by atoms with Gasteiger partial charge in [0.25, 0.3) is 0 Å². The molecule has 1 aromatic rings. The van der Waals surface area contributed by atoms with Crippen molar-refractivity contribution in [1.29, 1.82) is 0 Å². The molecule has 1 nitrogen and oxygen atoms in total. The summed E-state index contributed by atoms with van der Waals surface area (Å²) < 4.78 is 0. The zero-order chi connectivity index (χ0) is 10.8. The van der Waals surface area contributed by atoms with Crippen molar-refractivity contribution >= 4 is 5.70 Å². The Morgan fingerprint density at radius 2 is 2.13 bits per heavy atom. The van der Waals surface area contributed by atoms with Crippen LogP contribution in [0.1, 0.15) is 37.8 Å². The maximum Gasteiger partial charge on any atom is 0.0439 e. The molecule has 0 aromatic heterocycles. The van der Waals surface area contributed by atoms with Gasteiger partial charge in [0.2, 0.25) is 0 Å². The van der Waals surface area contributed by atoms with E-state index in [1.807, 2.05) is 0 Å². The molecule has 1 aliphatic rings. The first-order valence-electron chi connectivity index (χ1n) is 5.78. The van der Waals surface area contributed by atoms with E-state index in [0.717, 1.165) is 6.54 Å². The van der Waals surface area contributed by atoms with Crippen molar-refractivity contribution in [3.63, 3.8) is 0 Å². The molecule has 15 heavy (non-hydrogen) atoms. The van der Waals surface area contributed by atoms with E-state index in [1.165, 1.54) is 29.7 Å². The fourth-order valence-corrected chi connectivity index (χ4v) is 2.37. The van der Waals surface area contributed by atoms with Gasteiger partial charge in [-0.05, 0) is 18.9 Å². The molecule has 80 valence electrons. The molecule has 0 radical (unpaired) electrons. The molecule has 0 N–H and O–H groups in total. The van der Waals surface area contributed by atoms with Crippen LogP contribution in [0.25, 0.3) is 5.70 Å². The molecule has 1 atom stereocenters. The third-order valence-corrected chi connectivity index (χ3v) is 3.25. The predicted molar refractivity (Wildman–Crippen MR) is 65.4 cm³/mol. The lowest BCUT2D eigenvalue weighted by Crippen LogP contribution is -2.26. The SMILES string of the molecule is C=C1c2ccccc2CN1C(C)CCC. The van der Waals surface area contributed by atoms with E-state index in [4.69, 9.17) is 0 Å². The van der Waals surface area contributed by atoms with Gasteiger partial charge in [0.1, 0.15) is 0 Å². The van der Waals surface area contributed by atoms with Crippen molar-refractivity contribution in [3.05, 3.63) is 42.0 Å². The molecule has 0 bridgehead atoms. The first-order valence-corrected chi connectivity index (χ1v) is 5.78. The Morgan fingerprint density at radius 3 is 2.80 bits per heavy atom. The molecular formula is C14H19N. The second kappa shape index (κ2) is 4.09. The van der Waals surface area contributed by atoms with Crippen LogP contribution in [0.15, 0.2) is 30.8 Å². The smallest absolute Gasteiger partial charge is 0.0439 e. The summed E-state index contributed by atoms with van der Waals surface area (Å²) in [5, 5.41) is 0. The third kappa shape index (κ3) is 1.79. The summed E-state index contributed by atoms with van der Waals surface area (Å²) in [6.45, 7) is 9.77. The summed E-state index contributed by atoms with van der Waals surface area (Å²) in [6, 6.07) is 9.20. The quantitative estimate of drug-likeness (QED) is 0.721. The maximum absolute atomic E-state index is 4.21. The van der Waals surface area contributed by atoms with E-state index >= 15 is 0 Å². The highest BCUT2D eigenvalue weighted by atomic mass is 15.2. The van der Waals surface area contributed by atoms with E-state index in [1.54, 1.807) is 0 Å². The van der Waals surface area contributed by atoms with Crippen LogP contribution in [0.4, 0.5) is 0 Å². The molecule has 0 spiro atoms. The second-order valence-corrected chi connectivity index (χ2v) is 4.37. The molecule has 1 unspecified atom stereocenters. The summed E-state index contributed by atoms with van der Waals surface area (Å²) in [5.41, 5.74) is 3.96. The largest absolute Gasteiger partial charge is 0.364 e. The van der Waals surface area contributed by atoms with Crippen LogP contribution in [-0.4, -0.2) is 10.9 Å². The maximum atomic E-state index is 4.21. The number of rotatable bonds is 3. The van der Waals surface area contributed by atoms with Crippen molar-refractivity contribution in [1.82, 2.24) is 4.90 Å². The summed E-state index contributed by atoms with van der Waals surface area (Å²) >= 11 is 0.